The summed E-state index contributed by atoms with van der Waals surface area (Å²) in [5.74, 6) is -0.371. The minimum atomic E-state index is -4.47. The maximum Gasteiger partial charge on any atom is 0.306 e. The Hall–Kier alpha value is -0.500. The predicted octanol–water partition coefficient (Wildman–Crippen LogP) is 5.23. The molecule has 9 heteroatoms. The van der Waals surface area contributed by atoms with Gasteiger partial charge in [0.05, 0.1) is 34.4 Å². The molecule has 34 heavy (non-hydrogen) atoms. The van der Waals surface area contributed by atoms with Crippen LogP contribution < -0.4 is 4.89 Å². The van der Waals surface area contributed by atoms with Gasteiger partial charge in [-0.2, -0.15) is 0 Å². The number of hydrogen-bond acceptors (Lipinski definition) is 7. The van der Waals surface area contributed by atoms with Crippen LogP contribution in [0.4, 0.5) is 0 Å². The number of unbranched alkanes of at least 4 members (excludes halogenated alkanes) is 10. The molecule has 0 amide bonds. The summed E-state index contributed by atoms with van der Waals surface area (Å²) >= 11 is 0. The minimum Gasteiger partial charge on any atom is -0.756 e. The molecule has 0 aliphatic rings. The van der Waals surface area contributed by atoms with Crippen molar-refractivity contribution in [3.63, 3.8) is 0 Å². The Bertz CT molecular complexity index is 540. The first-order chi connectivity index (χ1) is 16.1. The molecule has 8 nitrogen and oxygen atoms in total. The molecule has 2 atom stereocenters. The number of nitrogens with zero attached hydrogens (tertiary/aromatic N) is 1. The molecule has 0 saturated carbocycles. The fraction of sp³-hybridized carbons (Fsp3) is 0.960. The number of phosphoric acid groups is 1. The summed E-state index contributed by atoms with van der Waals surface area (Å²) in [5, 5.41) is 0. The monoisotopic (exact) mass is 509 g/mol. The fourth-order valence-electron chi connectivity index (χ4n) is 3.23. The van der Waals surface area contributed by atoms with Crippen molar-refractivity contribution in [1.82, 2.24) is 0 Å². The molecule has 0 fully saturated rings. The van der Waals surface area contributed by atoms with Gasteiger partial charge >= 0.3 is 5.97 Å². The molecule has 204 valence electrons. The van der Waals surface area contributed by atoms with Crippen LogP contribution >= 0.6 is 7.82 Å². The molecular formula is C25H52NO7P. The third kappa shape index (κ3) is 23.3. The smallest absolute Gasteiger partial charge is 0.306 e. The average Bonchev–Trinajstić information content (AvgIpc) is 2.75. The lowest BCUT2D eigenvalue weighted by molar-refractivity contribution is -0.870. The van der Waals surface area contributed by atoms with Crippen LogP contribution in [0.25, 0.3) is 0 Å². The van der Waals surface area contributed by atoms with Crippen LogP contribution in [-0.2, 0) is 27.9 Å². The van der Waals surface area contributed by atoms with E-state index in [1.54, 1.807) is 0 Å². The zero-order valence-electron chi connectivity index (χ0n) is 22.6. The molecule has 0 spiro atoms. The van der Waals surface area contributed by atoms with Gasteiger partial charge in [-0.3, -0.25) is 9.36 Å². The standard InChI is InChI=1S/C25H52NO7P/c1-6-8-10-11-12-13-14-15-16-17-20-30-22-24(33-25(27)18-9-7-2)23-32-34(28,29)31-21-19-26(3,4)5/h24H,6-23H2,1-5H3. The molecule has 0 aromatic heterocycles. The minimum absolute atomic E-state index is 0.0282. The Labute approximate surface area is 208 Å². The molecule has 0 aromatic rings. The van der Waals surface area contributed by atoms with E-state index in [1.807, 2.05) is 28.1 Å². The molecule has 0 aromatic carbocycles. The largest absolute Gasteiger partial charge is 0.756 e. The van der Waals surface area contributed by atoms with Crippen LogP contribution in [-0.4, -0.2) is 70.7 Å². The molecule has 0 aliphatic carbocycles. The van der Waals surface area contributed by atoms with Crippen molar-refractivity contribution < 1.29 is 37.3 Å². The number of phosphoric ester groups is 1. The van der Waals surface area contributed by atoms with Gasteiger partial charge in [-0.25, -0.2) is 0 Å². The Morgan fingerprint density at radius 1 is 0.794 bits per heavy atom. The molecule has 0 bridgehead atoms. The lowest BCUT2D eigenvalue weighted by Crippen LogP contribution is -2.37. The predicted molar refractivity (Wildman–Crippen MR) is 134 cm³/mol. The van der Waals surface area contributed by atoms with Gasteiger partial charge < -0.3 is 27.9 Å². The summed E-state index contributed by atoms with van der Waals surface area (Å²) in [6.07, 6.45) is 13.5. The second-order valence-electron chi connectivity index (χ2n) is 10.1. The van der Waals surface area contributed by atoms with Crippen molar-refractivity contribution in [2.45, 2.75) is 103 Å². The van der Waals surface area contributed by atoms with Crippen molar-refractivity contribution in [3.8, 4) is 0 Å². The van der Waals surface area contributed by atoms with Crippen LogP contribution in [0, 0.1) is 0 Å². The molecule has 0 N–H and O–H groups in total. The van der Waals surface area contributed by atoms with Crippen molar-refractivity contribution >= 4 is 13.8 Å². The molecule has 0 aliphatic heterocycles. The van der Waals surface area contributed by atoms with E-state index < -0.39 is 13.9 Å². The van der Waals surface area contributed by atoms with E-state index in [4.69, 9.17) is 18.5 Å². The summed E-state index contributed by atoms with van der Waals surface area (Å²) in [5.41, 5.74) is 0. The van der Waals surface area contributed by atoms with Crippen molar-refractivity contribution in [1.29, 1.82) is 0 Å². The number of carbonyl (C=O) groups excluding carboxylic acids is 1. The van der Waals surface area contributed by atoms with E-state index in [2.05, 4.69) is 6.92 Å². The molecule has 0 heterocycles. The number of hydrogen-bond donors (Lipinski definition) is 0. The van der Waals surface area contributed by atoms with E-state index in [-0.39, 0.29) is 25.8 Å². The van der Waals surface area contributed by atoms with Gasteiger partial charge in [-0.15, -0.1) is 0 Å². The Kier molecular flexibility index (Phi) is 20.4. The van der Waals surface area contributed by atoms with E-state index in [1.165, 1.54) is 51.4 Å². The van der Waals surface area contributed by atoms with E-state index >= 15 is 0 Å². The van der Waals surface area contributed by atoms with Gasteiger partial charge in [0.2, 0.25) is 0 Å². The van der Waals surface area contributed by atoms with Gasteiger partial charge in [-0.05, 0) is 12.8 Å². The topological polar surface area (TPSA) is 94.1 Å². The quantitative estimate of drug-likeness (QED) is 0.0761. The summed E-state index contributed by atoms with van der Waals surface area (Å²) in [4.78, 5) is 24.1. The van der Waals surface area contributed by atoms with Crippen molar-refractivity contribution in [2.24, 2.45) is 0 Å². The van der Waals surface area contributed by atoms with Gasteiger partial charge in [0, 0.05) is 13.0 Å². The van der Waals surface area contributed by atoms with Crippen molar-refractivity contribution in [3.05, 3.63) is 0 Å². The van der Waals surface area contributed by atoms with E-state index in [9.17, 15) is 14.3 Å². The number of quaternary nitrogens is 1. The molecular weight excluding hydrogens is 457 g/mol. The SMILES string of the molecule is CCCCCCCCCCCCOCC(COP(=O)([O-])OCC[N+](C)(C)C)OC(=O)CCCC. The number of rotatable bonds is 24. The summed E-state index contributed by atoms with van der Waals surface area (Å²) in [6, 6.07) is 0. The zero-order valence-corrected chi connectivity index (χ0v) is 23.5. The number of esters is 1. The number of likely N-dealkylation sites (N-methyl/N-ethyl adjacent to an activating group) is 1. The van der Waals surface area contributed by atoms with Gasteiger partial charge in [-0.1, -0.05) is 78.1 Å². The first-order valence-electron chi connectivity index (χ1n) is 13.3. The molecule has 2 unspecified atom stereocenters. The third-order valence-corrected chi connectivity index (χ3v) is 6.37. The van der Waals surface area contributed by atoms with Gasteiger partial charge in [0.15, 0.2) is 0 Å². The fourth-order valence-corrected chi connectivity index (χ4v) is 3.96. The first-order valence-corrected chi connectivity index (χ1v) is 14.7. The van der Waals surface area contributed by atoms with Crippen LogP contribution in [0.1, 0.15) is 97.3 Å². The second kappa shape index (κ2) is 20.7. The van der Waals surface area contributed by atoms with E-state index in [0.29, 0.717) is 24.1 Å². The summed E-state index contributed by atoms with van der Waals surface area (Å²) < 4.78 is 33.6. The molecule has 0 rings (SSSR count). The average molecular weight is 510 g/mol. The highest BCUT2D eigenvalue weighted by Crippen LogP contribution is 2.38. The zero-order chi connectivity index (χ0) is 25.7. The van der Waals surface area contributed by atoms with Gasteiger partial charge in [0.1, 0.15) is 19.3 Å². The third-order valence-electron chi connectivity index (χ3n) is 5.41. The molecule has 0 radical (unpaired) electrons. The van der Waals surface area contributed by atoms with Crippen LogP contribution in [0.15, 0.2) is 0 Å². The number of carbonyl (C=O) groups is 1. The maximum atomic E-state index is 12.0. The van der Waals surface area contributed by atoms with E-state index in [0.717, 1.165) is 25.7 Å². The highest BCUT2D eigenvalue weighted by molar-refractivity contribution is 7.45. The molecule has 0 saturated heterocycles. The van der Waals surface area contributed by atoms with Crippen LogP contribution in [0.2, 0.25) is 0 Å². The summed E-state index contributed by atoms with van der Waals surface area (Å²) in [7, 11) is 1.35. The second-order valence-corrected chi connectivity index (χ2v) is 11.5. The maximum absolute atomic E-state index is 12.0. The lowest BCUT2D eigenvalue weighted by Gasteiger charge is -2.28. The Morgan fingerprint density at radius 2 is 1.35 bits per heavy atom. The van der Waals surface area contributed by atoms with Gasteiger partial charge in [0.25, 0.3) is 7.82 Å². The number of ether oxygens (including phenoxy) is 2. The highest BCUT2D eigenvalue weighted by atomic mass is 31.2. The van der Waals surface area contributed by atoms with Crippen LogP contribution in [0.5, 0.6) is 0 Å². The Morgan fingerprint density at radius 3 is 1.91 bits per heavy atom. The lowest BCUT2D eigenvalue weighted by atomic mass is 10.1. The summed E-state index contributed by atoms with van der Waals surface area (Å²) in [6.45, 7) is 5.13. The normalized spacial score (nSPS) is 14.6. The van der Waals surface area contributed by atoms with Crippen LogP contribution in [0.3, 0.4) is 0 Å². The Balaban J connectivity index is 4.21. The first kappa shape index (κ1) is 33.5. The highest BCUT2D eigenvalue weighted by Gasteiger charge is 2.20. The van der Waals surface area contributed by atoms with Crippen molar-refractivity contribution in [2.75, 3.05) is 54.1 Å².